The summed E-state index contributed by atoms with van der Waals surface area (Å²) in [6, 6.07) is 3.04. The number of amides is 1. The van der Waals surface area contributed by atoms with Crippen molar-refractivity contribution < 1.29 is 9.53 Å². The van der Waals surface area contributed by atoms with Gasteiger partial charge >= 0.3 is 0 Å². The lowest BCUT2D eigenvalue weighted by Gasteiger charge is -2.34. The number of rotatable bonds is 4. The van der Waals surface area contributed by atoms with Gasteiger partial charge in [0, 0.05) is 19.6 Å². The molecule has 1 atom stereocenters. The van der Waals surface area contributed by atoms with E-state index in [9.17, 15) is 4.79 Å². The number of carbonyl (C=O) groups excluding carboxylic acids is 1. The Kier molecular flexibility index (Phi) is 5.60. The van der Waals surface area contributed by atoms with E-state index in [1.54, 1.807) is 12.1 Å². The first-order valence-corrected chi connectivity index (χ1v) is 7.28. The molecule has 2 rings (SSSR count). The molecule has 0 aromatic carbocycles. The predicted molar refractivity (Wildman–Crippen MR) is 78.0 cm³/mol. The summed E-state index contributed by atoms with van der Waals surface area (Å²) in [7, 11) is 0. The number of pyridine rings is 1. The molecular formula is C13H17Cl2N3O2. The molecule has 20 heavy (non-hydrogen) atoms. The maximum atomic E-state index is 12.0. The molecule has 1 aromatic heterocycles. The van der Waals surface area contributed by atoms with Gasteiger partial charge in [0.05, 0.1) is 23.9 Å². The first-order chi connectivity index (χ1) is 9.61. The van der Waals surface area contributed by atoms with Crippen LogP contribution < -0.4 is 5.32 Å². The van der Waals surface area contributed by atoms with E-state index in [1.807, 2.05) is 11.8 Å². The number of ether oxygens (including phenoxy) is 1. The van der Waals surface area contributed by atoms with E-state index in [2.05, 4.69) is 10.3 Å². The average Bonchev–Trinajstić information content (AvgIpc) is 2.44. The van der Waals surface area contributed by atoms with Crippen LogP contribution in [-0.2, 0) is 16.1 Å². The summed E-state index contributed by atoms with van der Waals surface area (Å²) in [4.78, 5) is 18.3. The van der Waals surface area contributed by atoms with Crippen LogP contribution in [-0.4, -0.2) is 48.1 Å². The lowest BCUT2D eigenvalue weighted by atomic mass is 10.2. The predicted octanol–water partition coefficient (Wildman–Crippen LogP) is 1.73. The molecule has 0 saturated carbocycles. The van der Waals surface area contributed by atoms with Gasteiger partial charge in [-0.25, -0.2) is 4.98 Å². The Labute approximate surface area is 128 Å². The highest BCUT2D eigenvalue weighted by atomic mass is 35.5. The standard InChI is InChI=1S/C13H17Cl2N3O2/c1-2-16-13(19)11-8-20-6-5-18(11)7-10-9(14)3-4-12(15)17-10/h3-4,11H,2,5-8H2,1H3,(H,16,19). The van der Waals surface area contributed by atoms with E-state index in [0.29, 0.717) is 48.7 Å². The molecule has 1 amide bonds. The molecule has 1 N–H and O–H groups in total. The monoisotopic (exact) mass is 317 g/mol. The fourth-order valence-electron chi connectivity index (χ4n) is 2.12. The van der Waals surface area contributed by atoms with Crippen molar-refractivity contribution in [3.05, 3.63) is 28.0 Å². The number of hydrogen-bond acceptors (Lipinski definition) is 4. The van der Waals surface area contributed by atoms with Crippen LogP contribution in [0.3, 0.4) is 0 Å². The molecule has 1 aliphatic heterocycles. The summed E-state index contributed by atoms with van der Waals surface area (Å²) >= 11 is 12.0. The summed E-state index contributed by atoms with van der Waals surface area (Å²) in [5.41, 5.74) is 0.676. The minimum Gasteiger partial charge on any atom is -0.378 e. The van der Waals surface area contributed by atoms with Crippen molar-refractivity contribution in [3.63, 3.8) is 0 Å². The first kappa shape index (κ1) is 15.5. The first-order valence-electron chi connectivity index (χ1n) is 6.52. The Bertz CT molecular complexity index is 485. The Morgan fingerprint density at radius 3 is 3.10 bits per heavy atom. The molecule has 0 spiro atoms. The Morgan fingerprint density at radius 2 is 2.35 bits per heavy atom. The molecule has 1 aromatic rings. The zero-order valence-corrected chi connectivity index (χ0v) is 12.7. The third kappa shape index (κ3) is 3.82. The quantitative estimate of drug-likeness (QED) is 0.859. The van der Waals surface area contributed by atoms with Gasteiger partial charge in [-0.05, 0) is 19.1 Å². The molecule has 0 aliphatic carbocycles. The van der Waals surface area contributed by atoms with E-state index in [0.717, 1.165) is 0 Å². The zero-order valence-electron chi connectivity index (χ0n) is 11.2. The van der Waals surface area contributed by atoms with Crippen molar-refractivity contribution in [2.45, 2.75) is 19.5 Å². The van der Waals surface area contributed by atoms with Gasteiger partial charge in [0.1, 0.15) is 11.2 Å². The van der Waals surface area contributed by atoms with Crippen molar-refractivity contribution >= 4 is 29.1 Å². The Hall–Kier alpha value is -0.880. The molecular weight excluding hydrogens is 301 g/mol. The fraction of sp³-hybridized carbons (Fsp3) is 0.538. The summed E-state index contributed by atoms with van der Waals surface area (Å²) < 4.78 is 5.39. The van der Waals surface area contributed by atoms with Gasteiger partial charge in [-0.1, -0.05) is 23.2 Å². The molecule has 1 unspecified atom stereocenters. The number of hydrogen-bond donors (Lipinski definition) is 1. The molecule has 0 radical (unpaired) electrons. The molecule has 1 aliphatic rings. The van der Waals surface area contributed by atoms with E-state index < -0.39 is 0 Å². The summed E-state index contributed by atoms with van der Waals surface area (Å²) in [5, 5.41) is 3.76. The largest absolute Gasteiger partial charge is 0.378 e. The van der Waals surface area contributed by atoms with Gasteiger partial charge in [-0.15, -0.1) is 0 Å². The molecule has 110 valence electrons. The van der Waals surface area contributed by atoms with Gasteiger partial charge in [-0.2, -0.15) is 0 Å². The van der Waals surface area contributed by atoms with Gasteiger partial charge < -0.3 is 10.1 Å². The van der Waals surface area contributed by atoms with Crippen LogP contribution in [0.2, 0.25) is 10.2 Å². The maximum Gasteiger partial charge on any atom is 0.239 e. The number of likely N-dealkylation sites (N-methyl/N-ethyl adjacent to an activating group) is 1. The van der Waals surface area contributed by atoms with Gasteiger partial charge in [0.2, 0.25) is 5.91 Å². The van der Waals surface area contributed by atoms with Crippen LogP contribution in [0, 0.1) is 0 Å². The molecule has 0 bridgehead atoms. The maximum absolute atomic E-state index is 12.0. The van der Waals surface area contributed by atoms with Crippen LogP contribution in [0.15, 0.2) is 12.1 Å². The van der Waals surface area contributed by atoms with E-state index in [-0.39, 0.29) is 11.9 Å². The third-order valence-electron chi connectivity index (χ3n) is 3.13. The number of nitrogens with one attached hydrogen (secondary N) is 1. The van der Waals surface area contributed by atoms with Crippen molar-refractivity contribution in [2.24, 2.45) is 0 Å². The second-order valence-corrected chi connectivity index (χ2v) is 5.31. The van der Waals surface area contributed by atoms with Crippen LogP contribution in [0.25, 0.3) is 0 Å². The Morgan fingerprint density at radius 1 is 1.55 bits per heavy atom. The number of morpholine rings is 1. The minimum atomic E-state index is -0.319. The van der Waals surface area contributed by atoms with Crippen molar-refractivity contribution in [1.82, 2.24) is 15.2 Å². The highest BCUT2D eigenvalue weighted by molar-refractivity contribution is 6.32. The summed E-state index contributed by atoms with van der Waals surface area (Å²) in [6.07, 6.45) is 0. The zero-order chi connectivity index (χ0) is 14.5. The molecule has 1 saturated heterocycles. The molecule has 7 heteroatoms. The summed E-state index contributed by atoms with van der Waals surface area (Å²) in [5.74, 6) is -0.0367. The minimum absolute atomic E-state index is 0.0367. The van der Waals surface area contributed by atoms with Crippen LogP contribution >= 0.6 is 23.2 Å². The number of nitrogens with zero attached hydrogens (tertiary/aromatic N) is 2. The third-order valence-corrected chi connectivity index (χ3v) is 3.69. The lowest BCUT2D eigenvalue weighted by molar-refractivity contribution is -0.132. The highest BCUT2D eigenvalue weighted by Gasteiger charge is 2.29. The number of halogens is 2. The van der Waals surface area contributed by atoms with Crippen molar-refractivity contribution in [2.75, 3.05) is 26.3 Å². The molecule has 1 fully saturated rings. The van der Waals surface area contributed by atoms with E-state index in [4.69, 9.17) is 27.9 Å². The van der Waals surface area contributed by atoms with Crippen LogP contribution in [0.1, 0.15) is 12.6 Å². The number of aromatic nitrogens is 1. The van der Waals surface area contributed by atoms with Crippen LogP contribution in [0.5, 0.6) is 0 Å². The van der Waals surface area contributed by atoms with Gasteiger partial charge in [0.25, 0.3) is 0 Å². The van der Waals surface area contributed by atoms with E-state index in [1.165, 1.54) is 0 Å². The number of carbonyl (C=O) groups is 1. The van der Waals surface area contributed by atoms with E-state index >= 15 is 0 Å². The highest BCUT2D eigenvalue weighted by Crippen LogP contribution is 2.20. The average molecular weight is 318 g/mol. The second-order valence-electron chi connectivity index (χ2n) is 4.52. The topological polar surface area (TPSA) is 54.5 Å². The Balaban J connectivity index is 2.12. The van der Waals surface area contributed by atoms with Gasteiger partial charge in [-0.3, -0.25) is 9.69 Å². The fourth-order valence-corrected chi connectivity index (χ4v) is 2.45. The normalized spacial score (nSPS) is 19.9. The molecule has 5 nitrogen and oxygen atoms in total. The summed E-state index contributed by atoms with van der Waals surface area (Å²) in [6.45, 7) is 4.59. The van der Waals surface area contributed by atoms with Crippen molar-refractivity contribution in [1.29, 1.82) is 0 Å². The van der Waals surface area contributed by atoms with Crippen LogP contribution in [0.4, 0.5) is 0 Å². The van der Waals surface area contributed by atoms with Crippen molar-refractivity contribution in [3.8, 4) is 0 Å². The lowest BCUT2D eigenvalue weighted by Crippen LogP contribution is -2.53. The van der Waals surface area contributed by atoms with Gasteiger partial charge in [0.15, 0.2) is 0 Å². The smallest absolute Gasteiger partial charge is 0.239 e. The SMILES string of the molecule is CCNC(=O)C1COCCN1Cc1nc(Cl)ccc1Cl. The molecule has 2 heterocycles. The second kappa shape index (κ2) is 7.22.